The molecule has 0 saturated carbocycles. The third kappa shape index (κ3) is 3.29. The number of Topliss-reactive ketones (excluding diaryl/α,β-unsaturated/α-hetero) is 1. The molecule has 1 N–H and O–H groups in total. The normalized spacial score (nSPS) is 15.7. The average molecular weight is 330 g/mol. The maximum absolute atomic E-state index is 11.6. The number of carbonyl (C=O) groups is 1. The Morgan fingerprint density at radius 2 is 1.92 bits per heavy atom. The maximum Gasteiger partial charge on any atom is 0.163 e. The van der Waals surface area contributed by atoms with Crippen molar-refractivity contribution in [2.45, 2.75) is 13.8 Å². The molecule has 1 aliphatic heterocycles. The largest absolute Gasteiger partial charge is 0.395 e. The average Bonchev–Trinajstić information content (AvgIpc) is 2.98. The Morgan fingerprint density at radius 1 is 1.21 bits per heavy atom. The van der Waals surface area contributed by atoms with Gasteiger partial charge in [0.1, 0.15) is 12.1 Å². The van der Waals surface area contributed by atoms with Crippen LogP contribution in [0, 0.1) is 6.92 Å². The van der Waals surface area contributed by atoms with Crippen molar-refractivity contribution >= 4 is 11.6 Å². The minimum atomic E-state index is -0.00645. The lowest BCUT2D eigenvalue weighted by molar-refractivity contribution is 0.101. The van der Waals surface area contributed by atoms with Crippen molar-refractivity contribution in [3.8, 4) is 5.82 Å². The predicted octanol–water partition coefficient (Wildman–Crippen LogP) is 0.288. The number of hydrogen-bond acceptors (Lipinski definition) is 7. The number of ketones is 1. The van der Waals surface area contributed by atoms with Gasteiger partial charge in [-0.3, -0.25) is 9.69 Å². The third-order valence-electron chi connectivity index (χ3n) is 4.36. The zero-order valence-electron chi connectivity index (χ0n) is 14.0. The highest BCUT2D eigenvalue weighted by Crippen LogP contribution is 2.18. The Balaban J connectivity index is 1.79. The second kappa shape index (κ2) is 7.06. The molecule has 8 heteroatoms. The first-order valence-corrected chi connectivity index (χ1v) is 8.06. The van der Waals surface area contributed by atoms with Gasteiger partial charge in [-0.2, -0.15) is 5.10 Å². The van der Waals surface area contributed by atoms with Crippen LogP contribution < -0.4 is 4.90 Å². The molecule has 0 spiro atoms. The second-order valence-electron chi connectivity index (χ2n) is 5.90. The van der Waals surface area contributed by atoms with E-state index in [0.29, 0.717) is 17.9 Å². The van der Waals surface area contributed by atoms with E-state index in [-0.39, 0.29) is 12.4 Å². The van der Waals surface area contributed by atoms with Gasteiger partial charge in [0.05, 0.1) is 24.1 Å². The van der Waals surface area contributed by atoms with Crippen LogP contribution in [0.3, 0.4) is 0 Å². The summed E-state index contributed by atoms with van der Waals surface area (Å²) in [5.74, 6) is 1.50. The lowest BCUT2D eigenvalue weighted by Crippen LogP contribution is -2.47. The third-order valence-corrected chi connectivity index (χ3v) is 4.36. The molecule has 2 aromatic heterocycles. The fourth-order valence-electron chi connectivity index (χ4n) is 2.95. The van der Waals surface area contributed by atoms with E-state index in [4.69, 9.17) is 5.11 Å². The Hall–Kier alpha value is -2.32. The summed E-state index contributed by atoms with van der Waals surface area (Å²) in [6, 6.07) is 1.89. The van der Waals surface area contributed by atoms with E-state index in [1.165, 1.54) is 13.3 Å². The molecule has 1 saturated heterocycles. The summed E-state index contributed by atoms with van der Waals surface area (Å²) in [5.41, 5.74) is 1.38. The van der Waals surface area contributed by atoms with Crippen LogP contribution in [0.1, 0.15) is 23.0 Å². The van der Waals surface area contributed by atoms with Gasteiger partial charge in [0.25, 0.3) is 0 Å². The highest BCUT2D eigenvalue weighted by atomic mass is 16.3. The monoisotopic (exact) mass is 330 g/mol. The molecule has 0 bridgehead atoms. The van der Waals surface area contributed by atoms with E-state index in [1.54, 1.807) is 10.9 Å². The molecule has 128 valence electrons. The summed E-state index contributed by atoms with van der Waals surface area (Å²) in [6.45, 7) is 7.80. The van der Waals surface area contributed by atoms with Crippen molar-refractivity contribution in [2.75, 3.05) is 44.2 Å². The maximum atomic E-state index is 11.6. The molecule has 3 heterocycles. The molecule has 1 fully saturated rings. The van der Waals surface area contributed by atoms with Gasteiger partial charge in [-0.25, -0.2) is 14.6 Å². The number of nitrogens with zero attached hydrogens (tertiary/aromatic N) is 6. The van der Waals surface area contributed by atoms with Gasteiger partial charge in [-0.15, -0.1) is 0 Å². The van der Waals surface area contributed by atoms with Crippen molar-refractivity contribution < 1.29 is 9.90 Å². The molecular weight excluding hydrogens is 308 g/mol. The molecule has 0 unspecified atom stereocenters. The molecule has 1 aliphatic rings. The van der Waals surface area contributed by atoms with Crippen molar-refractivity contribution in [1.29, 1.82) is 0 Å². The van der Waals surface area contributed by atoms with Crippen LogP contribution in [0.25, 0.3) is 5.82 Å². The Morgan fingerprint density at radius 3 is 2.54 bits per heavy atom. The molecule has 0 radical (unpaired) electrons. The molecule has 2 aromatic rings. The minimum Gasteiger partial charge on any atom is -0.395 e. The fourth-order valence-corrected chi connectivity index (χ4v) is 2.95. The molecule has 0 aliphatic carbocycles. The summed E-state index contributed by atoms with van der Waals surface area (Å²) in [7, 11) is 0. The first kappa shape index (κ1) is 16.5. The van der Waals surface area contributed by atoms with Crippen LogP contribution >= 0.6 is 0 Å². The highest BCUT2D eigenvalue weighted by Gasteiger charge is 2.19. The Kier molecular flexibility index (Phi) is 4.86. The van der Waals surface area contributed by atoms with Crippen LogP contribution in [0.5, 0.6) is 0 Å². The number of rotatable bonds is 5. The van der Waals surface area contributed by atoms with Gasteiger partial charge in [0.2, 0.25) is 0 Å². The summed E-state index contributed by atoms with van der Waals surface area (Å²) in [5, 5.41) is 13.3. The van der Waals surface area contributed by atoms with E-state index < -0.39 is 0 Å². The van der Waals surface area contributed by atoms with E-state index in [9.17, 15) is 4.79 Å². The molecule has 0 aromatic carbocycles. The van der Waals surface area contributed by atoms with Crippen LogP contribution in [0.15, 0.2) is 18.6 Å². The lowest BCUT2D eigenvalue weighted by Gasteiger charge is -2.35. The van der Waals surface area contributed by atoms with E-state index in [1.807, 2.05) is 13.0 Å². The first-order valence-electron chi connectivity index (χ1n) is 8.06. The van der Waals surface area contributed by atoms with Gasteiger partial charge in [0, 0.05) is 38.8 Å². The number of anilines is 1. The minimum absolute atomic E-state index is 0.00645. The Bertz CT molecular complexity index is 721. The summed E-state index contributed by atoms with van der Waals surface area (Å²) in [4.78, 5) is 24.7. The van der Waals surface area contributed by atoms with Crippen LogP contribution in [-0.4, -0.2) is 74.9 Å². The highest BCUT2D eigenvalue weighted by molar-refractivity contribution is 5.95. The number of piperazine rings is 1. The SMILES string of the molecule is CC(=O)c1cnn(-c2cc(N3CCN(CCO)CC3)ncn2)c1C. The standard InChI is InChI=1S/C16H22N6O2/c1-12-14(13(2)24)10-19-22(12)16-9-15(17-11-18-16)21-5-3-20(4-6-21)7-8-23/h9-11,23H,3-8H2,1-2H3. The van der Waals surface area contributed by atoms with Gasteiger partial charge in [-0.05, 0) is 13.8 Å². The van der Waals surface area contributed by atoms with E-state index in [2.05, 4.69) is 24.9 Å². The molecule has 3 rings (SSSR count). The van der Waals surface area contributed by atoms with Crippen LogP contribution in [0.2, 0.25) is 0 Å². The summed E-state index contributed by atoms with van der Waals surface area (Å²) in [6.07, 6.45) is 3.10. The van der Waals surface area contributed by atoms with E-state index in [0.717, 1.165) is 37.7 Å². The zero-order chi connectivity index (χ0) is 17.1. The van der Waals surface area contributed by atoms with Crippen molar-refractivity contribution in [3.63, 3.8) is 0 Å². The molecule has 0 amide bonds. The number of carbonyl (C=O) groups excluding carboxylic acids is 1. The van der Waals surface area contributed by atoms with Crippen molar-refractivity contribution in [3.05, 3.63) is 29.8 Å². The van der Waals surface area contributed by atoms with Crippen LogP contribution in [-0.2, 0) is 0 Å². The topological polar surface area (TPSA) is 87.4 Å². The predicted molar refractivity (Wildman–Crippen MR) is 89.6 cm³/mol. The van der Waals surface area contributed by atoms with Gasteiger partial charge < -0.3 is 10.0 Å². The van der Waals surface area contributed by atoms with Gasteiger partial charge >= 0.3 is 0 Å². The number of hydrogen-bond donors (Lipinski definition) is 1. The fraction of sp³-hybridized carbons (Fsp3) is 0.500. The first-order chi connectivity index (χ1) is 11.6. The van der Waals surface area contributed by atoms with E-state index >= 15 is 0 Å². The molecular formula is C16H22N6O2. The summed E-state index contributed by atoms with van der Waals surface area (Å²) >= 11 is 0. The number of aliphatic hydroxyl groups is 1. The van der Waals surface area contributed by atoms with Gasteiger partial charge in [-0.1, -0.05) is 0 Å². The Labute approximate surface area is 140 Å². The van der Waals surface area contributed by atoms with Crippen LogP contribution in [0.4, 0.5) is 5.82 Å². The van der Waals surface area contributed by atoms with Crippen molar-refractivity contribution in [1.82, 2.24) is 24.6 Å². The van der Waals surface area contributed by atoms with Gasteiger partial charge in [0.15, 0.2) is 11.6 Å². The number of β-amino-alcohol motifs (C(OH)–C–C–N with tert-alkyl or cyclic N) is 1. The summed E-state index contributed by atoms with van der Waals surface area (Å²) < 4.78 is 1.67. The lowest BCUT2D eigenvalue weighted by atomic mass is 10.2. The number of aromatic nitrogens is 4. The van der Waals surface area contributed by atoms with Crippen molar-refractivity contribution in [2.24, 2.45) is 0 Å². The zero-order valence-corrected chi connectivity index (χ0v) is 14.0. The molecule has 24 heavy (non-hydrogen) atoms. The molecule has 8 nitrogen and oxygen atoms in total. The smallest absolute Gasteiger partial charge is 0.163 e. The second-order valence-corrected chi connectivity index (χ2v) is 5.90. The molecule has 0 atom stereocenters. The quantitative estimate of drug-likeness (QED) is 0.788. The number of aliphatic hydroxyl groups excluding tert-OH is 1.